The van der Waals surface area contributed by atoms with Crippen molar-refractivity contribution in [1.82, 2.24) is 10.6 Å². The lowest BCUT2D eigenvalue weighted by molar-refractivity contribution is 0.120. The van der Waals surface area contributed by atoms with Crippen LogP contribution < -0.4 is 10.6 Å². The Bertz CT molecular complexity index is 525. The molecule has 0 spiro atoms. The van der Waals surface area contributed by atoms with Gasteiger partial charge in [0.1, 0.15) is 0 Å². The minimum atomic E-state index is -0.142. The predicted molar refractivity (Wildman–Crippen MR) is 87.4 cm³/mol. The second-order valence-electron chi connectivity index (χ2n) is 5.65. The van der Waals surface area contributed by atoms with E-state index in [-0.39, 0.29) is 6.10 Å². The lowest BCUT2D eigenvalue weighted by Crippen LogP contribution is -2.45. The SMILES string of the molecule is CCNC(=NCc1ccc(C#N)cc1)NC1CCC(O)CC1. The Hall–Kier alpha value is -2.06. The van der Waals surface area contributed by atoms with Gasteiger partial charge in [0.05, 0.1) is 24.3 Å². The molecular weight excluding hydrogens is 276 g/mol. The fourth-order valence-electron chi connectivity index (χ4n) is 2.59. The second-order valence-corrected chi connectivity index (χ2v) is 5.65. The lowest BCUT2D eigenvalue weighted by Gasteiger charge is -2.27. The van der Waals surface area contributed by atoms with Crippen molar-refractivity contribution in [2.24, 2.45) is 4.99 Å². The Morgan fingerprint density at radius 1 is 1.27 bits per heavy atom. The Kier molecular flexibility index (Phi) is 6.23. The molecule has 1 fully saturated rings. The molecular formula is C17H24N4O. The van der Waals surface area contributed by atoms with Crippen molar-refractivity contribution < 1.29 is 5.11 Å². The van der Waals surface area contributed by atoms with Gasteiger partial charge in [-0.2, -0.15) is 5.26 Å². The Morgan fingerprint density at radius 3 is 2.55 bits per heavy atom. The highest BCUT2D eigenvalue weighted by atomic mass is 16.3. The van der Waals surface area contributed by atoms with Crippen molar-refractivity contribution >= 4 is 5.96 Å². The smallest absolute Gasteiger partial charge is 0.191 e. The number of guanidine groups is 1. The molecule has 5 nitrogen and oxygen atoms in total. The molecule has 118 valence electrons. The highest BCUT2D eigenvalue weighted by molar-refractivity contribution is 5.80. The van der Waals surface area contributed by atoms with E-state index >= 15 is 0 Å². The average molecular weight is 300 g/mol. The molecule has 0 bridgehead atoms. The molecule has 0 radical (unpaired) electrons. The van der Waals surface area contributed by atoms with E-state index in [9.17, 15) is 5.11 Å². The first-order chi connectivity index (χ1) is 10.7. The van der Waals surface area contributed by atoms with E-state index in [1.165, 1.54) is 0 Å². The van der Waals surface area contributed by atoms with E-state index in [0.29, 0.717) is 18.2 Å². The maximum Gasteiger partial charge on any atom is 0.191 e. The fraction of sp³-hybridized carbons (Fsp3) is 0.529. The molecule has 1 aliphatic carbocycles. The fourth-order valence-corrected chi connectivity index (χ4v) is 2.59. The summed E-state index contributed by atoms with van der Waals surface area (Å²) in [5, 5.41) is 25.1. The van der Waals surface area contributed by atoms with Crippen molar-refractivity contribution in [2.45, 2.75) is 51.3 Å². The van der Waals surface area contributed by atoms with Crippen molar-refractivity contribution in [3.05, 3.63) is 35.4 Å². The van der Waals surface area contributed by atoms with Crippen LogP contribution in [0.2, 0.25) is 0 Å². The minimum Gasteiger partial charge on any atom is -0.393 e. The summed E-state index contributed by atoms with van der Waals surface area (Å²) in [6, 6.07) is 9.99. The highest BCUT2D eigenvalue weighted by Gasteiger charge is 2.19. The maximum atomic E-state index is 9.56. The lowest BCUT2D eigenvalue weighted by atomic mass is 9.93. The quantitative estimate of drug-likeness (QED) is 0.586. The number of nitriles is 1. The molecule has 22 heavy (non-hydrogen) atoms. The average Bonchev–Trinajstić information content (AvgIpc) is 2.55. The summed E-state index contributed by atoms with van der Waals surface area (Å²) >= 11 is 0. The third-order valence-electron chi connectivity index (χ3n) is 3.88. The van der Waals surface area contributed by atoms with E-state index in [1.54, 1.807) is 0 Å². The summed E-state index contributed by atoms with van der Waals surface area (Å²) in [5.74, 6) is 0.813. The standard InChI is InChI=1S/C17H24N4O/c1-2-19-17(21-15-7-9-16(22)10-8-15)20-12-14-5-3-13(11-18)4-6-14/h3-6,15-16,22H,2,7-10,12H2,1H3,(H2,19,20,21). The summed E-state index contributed by atoms with van der Waals surface area (Å²) in [4.78, 5) is 4.60. The zero-order chi connectivity index (χ0) is 15.8. The third-order valence-corrected chi connectivity index (χ3v) is 3.88. The number of nitrogens with one attached hydrogen (secondary N) is 2. The van der Waals surface area contributed by atoms with Crippen LogP contribution in [0.3, 0.4) is 0 Å². The van der Waals surface area contributed by atoms with Crippen LogP contribution in [0.4, 0.5) is 0 Å². The molecule has 0 saturated heterocycles. The zero-order valence-corrected chi connectivity index (χ0v) is 13.0. The maximum absolute atomic E-state index is 9.56. The highest BCUT2D eigenvalue weighted by Crippen LogP contribution is 2.18. The number of nitrogens with zero attached hydrogens (tertiary/aromatic N) is 2. The second kappa shape index (κ2) is 8.40. The van der Waals surface area contributed by atoms with E-state index in [4.69, 9.17) is 5.26 Å². The number of hydrogen-bond donors (Lipinski definition) is 3. The first-order valence-electron chi connectivity index (χ1n) is 7.93. The number of aliphatic imine (C=N–C) groups is 1. The monoisotopic (exact) mass is 300 g/mol. The summed E-state index contributed by atoms with van der Waals surface area (Å²) < 4.78 is 0. The van der Waals surface area contributed by atoms with E-state index in [2.05, 4.69) is 21.7 Å². The van der Waals surface area contributed by atoms with Crippen LogP contribution in [0.1, 0.15) is 43.7 Å². The van der Waals surface area contributed by atoms with Crippen LogP contribution in [0.15, 0.2) is 29.3 Å². The first kappa shape index (κ1) is 16.3. The van der Waals surface area contributed by atoms with Crippen LogP contribution >= 0.6 is 0 Å². The number of aliphatic hydroxyl groups is 1. The molecule has 1 saturated carbocycles. The van der Waals surface area contributed by atoms with Gasteiger partial charge in [-0.1, -0.05) is 12.1 Å². The van der Waals surface area contributed by atoms with Crippen LogP contribution in [0.5, 0.6) is 0 Å². The zero-order valence-electron chi connectivity index (χ0n) is 13.0. The number of rotatable bonds is 4. The van der Waals surface area contributed by atoms with Crippen molar-refractivity contribution in [1.29, 1.82) is 5.26 Å². The van der Waals surface area contributed by atoms with Gasteiger partial charge in [0.25, 0.3) is 0 Å². The van der Waals surface area contributed by atoms with E-state index in [0.717, 1.165) is 43.8 Å². The largest absolute Gasteiger partial charge is 0.393 e. The molecule has 0 amide bonds. The Labute approximate surface area is 132 Å². The molecule has 0 atom stereocenters. The van der Waals surface area contributed by atoms with Crippen molar-refractivity contribution in [3.8, 4) is 6.07 Å². The molecule has 0 aliphatic heterocycles. The molecule has 5 heteroatoms. The van der Waals surface area contributed by atoms with Gasteiger partial charge in [-0.05, 0) is 50.3 Å². The topological polar surface area (TPSA) is 80.4 Å². The normalized spacial score (nSPS) is 22.0. The molecule has 2 rings (SSSR count). The van der Waals surface area contributed by atoms with Crippen molar-refractivity contribution in [3.63, 3.8) is 0 Å². The predicted octanol–water partition coefficient (Wildman–Crippen LogP) is 1.92. The first-order valence-corrected chi connectivity index (χ1v) is 7.93. The molecule has 0 unspecified atom stereocenters. The number of hydrogen-bond acceptors (Lipinski definition) is 3. The summed E-state index contributed by atoms with van der Waals surface area (Å²) in [6.07, 6.45) is 3.51. The number of aliphatic hydroxyl groups excluding tert-OH is 1. The van der Waals surface area contributed by atoms with E-state index < -0.39 is 0 Å². The van der Waals surface area contributed by atoms with Crippen molar-refractivity contribution in [2.75, 3.05) is 6.54 Å². The Balaban J connectivity index is 1.92. The van der Waals surface area contributed by atoms with Crippen LogP contribution in [-0.2, 0) is 6.54 Å². The molecule has 1 aromatic carbocycles. The summed E-state index contributed by atoms with van der Waals surface area (Å²) in [6.45, 7) is 3.44. The third kappa shape index (κ3) is 5.05. The van der Waals surface area contributed by atoms with Gasteiger partial charge in [0, 0.05) is 12.6 Å². The van der Waals surface area contributed by atoms with Gasteiger partial charge in [-0.25, -0.2) is 4.99 Å². The minimum absolute atomic E-state index is 0.142. The van der Waals surface area contributed by atoms with Gasteiger partial charge < -0.3 is 15.7 Å². The van der Waals surface area contributed by atoms with Gasteiger partial charge in [-0.3, -0.25) is 0 Å². The molecule has 0 heterocycles. The van der Waals surface area contributed by atoms with Gasteiger partial charge in [0.2, 0.25) is 0 Å². The summed E-state index contributed by atoms with van der Waals surface area (Å²) in [5.41, 5.74) is 1.74. The Morgan fingerprint density at radius 2 is 1.95 bits per heavy atom. The molecule has 1 aliphatic rings. The van der Waals surface area contributed by atoms with Crippen LogP contribution in [-0.4, -0.2) is 29.8 Å². The molecule has 1 aromatic rings. The van der Waals surface area contributed by atoms with Crippen LogP contribution in [0.25, 0.3) is 0 Å². The van der Waals surface area contributed by atoms with E-state index in [1.807, 2.05) is 31.2 Å². The van der Waals surface area contributed by atoms with Gasteiger partial charge >= 0.3 is 0 Å². The summed E-state index contributed by atoms with van der Waals surface area (Å²) in [7, 11) is 0. The van der Waals surface area contributed by atoms with Gasteiger partial charge in [-0.15, -0.1) is 0 Å². The van der Waals surface area contributed by atoms with Gasteiger partial charge in [0.15, 0.2) is 5.96 Å². The van der Waals surface area contributed by atoms with Crippen LogP contribution in [0, 0.1) is 11.3 Å². The molecule has 0 aromatic heterocycles. The molecule has 3 N–H and O–H groups in total. The number of benzene rings is 1.